The lowest BCUT2D eigenvalue weighted by molar-refractivity contribution is -0.157. The number of hydrogen-bond acceptors (Lipinski definition) is 4. The highest BCUT2D eigenvalue weighted by molar-refractivity contribution is 5.78. The molecule has 1 aromatic carbocycles. The third kappa shape index (κ3) is 4.24. The number of benzene rings is 1. The van der Waals surface area contributed by atoms with Crippen LogP contribution in [-0.2, 0) is 22.4 Å². The van der Waals surface area contributed by atoms with Crippen LogP contribution in [0, 0.1) is 6.92 Å². The molecule has 0 radical (unpaired) electrons. The molecule has 1 aromatic heterocycles. The zero-order valence-corrected chi connectivity index (χ0v) is 14.5. The third-order valence-electron chi connectivity index (χ3n) is 4.72. The van der Waals surface area contributed by atoms with Crippen molar-refractivity contribution in [3.05, 3.63) is 65.5 Å². The number of aromatic nitrogens is 1. The number of aryl methyl sites for hydroxylation is 1. The number of aliphatic hydroxyl groups excluding tert-OH is 1. The fourth-order valence-corrected chi connectivity index (χ4v) is 3.24. The van der Waals surface area contributed by atoms with Crippen molar-refractivity contribution in [3.63, 3.8) is 0 Å². The summed E-state index contributed by atoms with van der Waals surface area (Å²) in [7, 11) is 0. The number of aliphatic hydroxyl groups is 1. The van der Waals surface area contributed by atoms with E-state index in [9.17, 15) is 9.90 Å². The van der Waals surface area contributed by atoms with Gasteiger partial charge in [-0.15, -0.1) is 0 Å². The number of carbonyl (C=O) groups excluding carboxylic acids is 1. The van der Waals surface area contributed by atoms with Crippen LogP contribution >= 0.6 is 0 Å². The van der Waals surface area contributed by atoms with E-state index in [1.165, 1.54) is 0 Å². The number of nitrogens with zero attached hydrogens (tertiary/aromatic N) is 2. The Labute approximate surface area is 148 Å². The molecule has 1 saturated heterocycles. The number of carbonyl (C=O) groups is 1. The molecule has 5 nitrogen and oxygen atoms in total. The van der Waals surface area contributed by atoms with Crippen molar-refractivity contribution in [3.8, 4) is 0 Å². The van der Waals surface area contributed by atoms with Crippen LogP contribution in [0.4, 0.5) is 0 Å². The van der Waals surface area contributed by atoms with Gasteiger partial charge >= 0.3 is 0 Å². The molecule has 0 spiro atoms. The number of morpholine rings is 1. The zero-order valence-electron chi connectivity index (χ0n) is 14.5. The average Bonchev–Trinajstić information content (AvgIpc) is 2.65. The van der Waals surface area contributed by atoms with E-state index in [0.29, 0.717) is 26.1 Å². The van der Waals surface area contributed by atoms with E-state index in [1.54, 1.807) is 11.1 Å². The number of amides is 1. The largest absolute Gasteiger partial charge is 0.393 e. The Morgan fingerprint density at radius 2 is 2.08 bits per heavy atom. The molecule has 0 saturated carbocycles. The maximum absolute atomic E-state index is 12.6. The summed E-state index contributed by atoms with van der Waals surface area (Å²) < 4.78 is 5.94. The Morgan fingerprint density at radius 3 is 2.80 bits per heavy atom. The first kappa shape index (κ1) is 17.6. The topological polar surface area (TPSA) is 62.7 Å². The minimum atomic E-state index is -0.746. The minimum Gasteiger partial charge on any atom is -0.393 e. The standard InChI is InChI=1S/C20H24N2O3/c1-16-6-2-3-7-17(16)13-20(15-23)14-22(10-11-25-20)19(24)12-18-8-4-5-9-21-18/h2-9,23H,10-15H2,1H3/t20-/m1/s1. The SMILES string of the molecule is Cc1ccccc1C[C@]1(CO)CN(C(=O)Cc2ccccn2)CCO1. The van der Waals surface area contributed by atoms with Crippen molar-refractivity contribution in [2.75, 3.05) is 26.3 Å². The van der Waals surface area contributed by atoms with Crippen LogP contribution in [0.5, 0.6) is 0 Å². The molecule has 1 fully saturated rings. The molecule has 1 aliphatic rings. The summed E-state index contributed by atoms with van der Waals surface area (Å²) >= 11 is 0. The quantitative estimate of drug-likeness (QED) is 0.901. The van der Waals surface area contributed by atoms with Crippen LogP contribution in [0.1, 0.15) is 16.8 Å². The Kier molecular flexibility index (Phi) is 5.46. The van der Waals surface area contributed by atoms with Gasteiger partial charge in [0, 0.05) is 24.9 Å². The van der Waals surface area contributed by atoms with Gasteiger partial charge in [0.2, 0.25) is 5.91 Å². The van der Waals surface area contributed by atoms with Crippen LogP contribution in [0.25, 0.3) is 0 Å². The van der Waals surface area contributed by atoms with Crippen LogP contribution in [0.15, 0.2) is 48.7 Å². The number of pyridine rings is 1. The molecular weight excluding hydrogens is 316 g/mol. The Morgan fingerprint density at radius 1 is 1.28 bits per heavy atom. The summed E-state index contributed by atoms with van der Waals surface area (Å²) in [6.45, 7) is 3.30. The van der Waals surface area contributed by atoms with Gasteiger partial charge in [-0.05, 0) is 30.2 Å². The molecule has 5 heteroatoms. The summed E-state index contributed by atoms with van der Waals surface area (Å²) in [5, 5.41) is 10.0. The summed E-state index contributed by atoms with van der Waals surface area (Å²) in [6.07, 6.45) is 2.55. The molecule has 1 N–H and O–H groups in total. The molecule has 132 valence electrons. The maximum atomic E-state index is 12.6. The lowest BCUT2D eigenvalue weighted by Crippen LogP contribution is -2.57. The van der Waals surface area contributed by atoms with Gasteiger partial charge in [-0.2, -0.15) is 0 Å². The smallest absolute Gasteiger partial charge is 0.228 e. The van der Waals surface area contributed by atoms with Crippen LogP contribution in [-0.4, -0.2) is 52.8 Å². The average molecular weight is 340 g/mol. The Hall–Kier alpha value is -2.24. The molecule has 1 atom stereocenters. The second kappa shape index (κ2) is 7.76. The van der Waals surface area contributed by atoms with Crippen molar-refractivity contribution in [1.29, 1.82) is 0 Å². The fourth-order valence-electron chi connectivity index (χ4n) is 3.24. The van der Waals surface area contributed by atoms with Crippen LogP contribution in [0.3, 0.4) is 0 Å². The van der Waals surface area contributed by atoms with E-state index < -0.39 is 5.60 Å². The van der Waals surface area contributed by atoms with E-state index in [4.69, 9.17) is 4.74 Å². The van der Waals surface area contributed by atoms with E-state index >= 15 is 0 Å². The van der Waals surface area contributed by atoms with Gasteiger partial charge in [0.15, 0.2) is 0 Å². The van der Waals surface area contributed by atoms with Crippen molar-refractivity contribution in [2.24, 2.45) is 0 Å². The Bertz CT molecular complexity index is 720. The minimum absolute atomic E-state index is 0.0182. The maximum Gasteiger partial charge on any atom is 0.228 e. The molecular formula is C20H24N2O3. The van der Waals surface area contributed by atoms with Gasteiger partial charge in [0.1, 0.15) is 5.60 Å². The summed E-state index contributed by atoms with van der Waals surface area (Å²) in [4.78, 5) is 18.6. The molecule has 1 aliphatic heterocycles. The Balaban J connectivity index is 1.71. The summed E-state index contributed by atoms with van der Waals surface area (Å²) in [6, 6.07) is 13.6. The highest BCUT2D eigenvalue weighted by Crippen LogP contribution is 2.25. The normalized spacial score (nSPS) is 20.5. The van der Waals surface area contributed by atoms with Crippen molar-refractivity contribution >= 4 is 5.91 Å². The molecule has 25 heavy (non-hydrogen) atoms. The molecule has 0 bridgehead atoms. The molecule has 0 aliphatic carbocycles. The zero-order chi connectivity index (χ0) is 17.7. The number of hydrogen-bond donors (Lipinski definition) is 1. The molecule has 2 aromatic rings. The lowest BCUT2D eigenvalue weighted by atomic mass is 9.91. The predicted molar refractivity (Wildman–Crippen MR) is 95.2 cm³/mol. The number of rotatable bonds is 5. The summed E-state index contributed by atoms with van der Waals surface area (Å²) in [5.41, 5.74) is 2.31. The van der Waals surface area contributed by atoms with E-state index in [-0.39, 0.29) is 18.9 Å². The van der Waals surface area contributed by atoms with Crippen LogP contribution in [0.2, 0.25) is 0 Å². The van der Waals surface area contributed by atoms with E-state index in [0.717, 1.165) is 16.8 Å². The van der Waals surface area contributed by atoms with Gasteiger partial charge < -0.3 is 14.7 Å². The van der Waals surface area contributed by atoms with Gasteiger partial charge in [0.25, 0.3) is 0 Å². The highest BCUT2D eigenvalue weighted by atomic mass is 16.5. The molecule has 2 heterocycles. The first-order chi connectivity index (χ1) is 12.1. The van der Waals surface area contributed by atoms with Gasteiger partial charge in [0.05, 0.1) is 26.2 Å². The van der Waals surface area contributed by atoms with E-state index in [2.05, 4.69) is 4.98 Å². The highest BCUT2D eigenvalue weighted by Gasteiger charge is 2.38. The monoisotopic (exact) mass is 340 g/mol. The molecule has 0 unspecified atom stereocenters. The van der Waals surface area contributed by atoms with Crippen molar-refractivity contribution < 1.29 is 14.6 Å². The molecule has 3 rings (SSSR count). The lowest BCUT2D eigenvalue weighted by Gasteiger charge is -2.42. The second-order valence-corrected chi connectivity index (χ2v) is 6.61. The first-order valence-electron chi connectivity index (χ1n) is 8.59. The van der Waals surface area contributed by atoms with Gasteiger partial charge in [-0.3, -0.25) is 9.78 Å². The molecule has 1 amide bonds. The van der Waals surface area contributed by atoms with Crippen molar-refractivity contribution in [2.45, 2.75) is 25.4 Å². The predicted octanol–water partition coefficient (Wildman–Crippen LogP) is 1.77. The second-order valence-electron chi connectivity index (χ2n) is 6.61. The van der Waals surface area contributed by atoms with Crippen molar-refractivity contribution in [1.82, 2.24) is 9.88 Å². The summed E-state index contributed by atoms with van der Waals surface area (Å²) in [5.74, 6) is 0.0182. The number of ether oxygens (including phenoxy) is 1. The van der Waals surface area contributed by atoms with E-state index in [1.807, 2.05) is 49.4 Å². The first-order valence-corrected chi connectivity index (χ1v) is 8.59. The van der Waals surface area contributed by atoms with Crippen LogP contribution < -0.4 is 0 Å². The van der Waals surface area contributed by atoms with Gasteiger partial charge in [-0.1, -0.05) is 30.3 Å². The third-order valence-corrected chi connectivity index (χ3v) is 4.72. The fraction of sp³-hybridized carbons (Fsp3) is 0.400. The van der Waals surface area contributed by atoms with Gasteiger partial charge in [-0.25, -0.2) is 0 Å².